The first-order valence-corrected chi connectivity index (χ1v) is 8.18. The molecule has 3 aromatic rings. The van der Waals surface area contributed by atoms with Crippen LogP contribution in [0.1, 0.15) is 33.6 Å². The van der Waals surface area contributed by atoms with Gasteiger partial charge in [0.1, 0.15) is 22.1 Å². The van der Waals surface area contributed by atoms with Gasteiger partial charge in [0, 0.05) is 10.9 Å². The number of furan rings is 2. The smallest absolute Gasteiger partial charge is 0.341 e. The summed E-state index contributed by atoms with van der Waals surface area (Å²) in [7, 11) is 0. The Kier molecular flexibility index (Phi) is 4.52. The molecule has 0 radical (unpaired) electrons. The lowest BCUT2D eigenvalue weighted by Gasteiger charge is -2.07. The Morgan fingerprint density at radius 1 is 1.29 bits per heavy atom. The summed E-state index contributed by atoms with van der Waals surface area (Å²) in [6.45, 7) is 3.78. The topological polar surface area (TPSA) is 81.7 Å². The Morgan fingerprint density at radius 2 is 2.12 bits per heavy atom. The lowest BCUT2D eigenvalue weighted by Crippen LogP contribution is -2.14. The summed E-state index contributed by atoms with van der Waals surface area (Å²) in [6, 6.07) is 6.75. The number of nitrogens with one attached hydrogen (secondary N) is 1. The number of aryl methyl sites for hydroxylation is 1. The summed E-state index contributed by atoms with van der Waals surface area (Å²) >= 11 is 1.23. The summed E-state index contributed by atoms with van der Waals surface area (Å²) in [4.78, 5) is 24.5. The van der Waals surface area contributed by atoms with Crippen LogP contribution in [0.4, 0.5) is 5.00 Å². The van der Waals surface area contributed by atoms with Gasteiger partial charge in [0.25, 0.3) is 5.91 Å². The zero-order chi connectivity index (χ0) is 17.1. The molecule has 0 unspecified atom stereocenters. The minimum Gasteiger partial charge on any atom is -0.462 e. The van der Waals surface area contributed by atoms with Crippen LogP contribution in [-0.2, 0) is 4.74 Å². The van der Waals surface area contributed by atoms with Gasteiger partial charge in [-0.05, 0) is 38.1 Å². The Hall–Kier alpha value is -2.80. The SMILES string of the molecule is CCOC(=O)c1c(-c2ccc(C)o2)csc1NC(=O)c1ccco1. The predicted molar refractivity (Wildman–Crippen MR) is 89.4 cm³/mol. The number of ether oxygens (including phenoxy) is 1. The van der Waals surface area contributed by atoms with E-state index in [1.54, 1.807) is 30.5 Å². The van der Waals surface area contributed by atoms with Crippen molar-refractivity contribution in [3.05, 3.63) is 53.0 Å². The number of hydrogen-bond donors (Lipinski definition) is 1. The third kappa shape index (κ3) is 3.11. The van der Waals surface area contributed by atoms with Crippen molar-refractivity contribution in [2.45, 2.75) is 13.8 Å². The molecule has 0 aliphatic rings. The number of carbonyl (C=O) groups excluding carboxylic acids is 2. The van der Waals surface area contributed by atoms with Crippen LogP contribution in [0.25, 0.3) is 11.3 Å². The quantitative estimate of drug-likeness (QED) is 0.696. The highest BCUT2D eigenvalue weighted by atomic mass is 32.1. The second-order valence-electron chi connectivity index (χ2n) is 4.92. The molecular formula is C17H15NO5S. The highest BCUT2D eigenvalue weighted by Crippen LogP contribution is 2.37. The number of rotatable bonds is 5. The van der Waals surface area contributed by atoms with Crippen LogP contribution in [-0.4, -0.2) is 18.5 Å². The van der Waals surface area contributed by atoms with Gasteiger partial charge in [-0.3, -0.25) is 4.79 Å². The Morgan fingerprint density at radius 3 is 2.75 bits per heavy atom. The van der Waals surface area contributed by atoms with Crippen LogP contribution in [0.2, 0.25) is 0 Å². The van der Waals surface area contributed by atoms with E-state index in [1.165, 1.54) is 17.6 Å². The third-order valence-corrected chi connectivity index (χ3v) is 4.14. The number of carbonyl (C=O) groups is 2. The molecule has 3 heterocycles. The van der Waals surface area contributed by atoms with Crippen molar-refractivity contribution >= 4 is 28.2 Å². The van der Waals surface area contributed by atoms with Crippen LogP contribution < -0.4 is 5.32 Å². The van der Waals surface area contributed by atoms with E-state index in [9.17, 15) is 9.59 Å². The van der Waals surface area contributed by atoms with Crippen LogP contribution in [0.5, 0.6) is 0 Å². The molecule has 6 nitrogen and oxygen atoms in total. The highest BCUT2D eigenvalue weighted by Gasteiger charge is 2.25. The van der Waals surface area contributed by atoms with Gasteiger partial charge in [-0.25, -0.2) is 4.79 Å². The average Bonchev–Trinajstić information content (AvgIpc) is 3.26. The molecule has 0 spiro atoms. The van der Waals surface area contributed by atoms with E-state index in [2.05, 4.69) is 5.32 Å². The molecule has 124 valence electrons. The second kappa shape index (κ2) is 6.76. The summed E-state index contributed by atoms with van der Waals surface area (Å²) in [5.41, 5.74) is 0.859. The minimum atomic E-state index is -0.516. The van der Waals surface area contributed by atoms with Crippen molar-refractivity contribution in [1.82, 2.24) is 0 Å². The highest BCUT2D eigenvalue weighted by molar-refractivity contribution is 7.15. The summed E-state index contributed by atoms with van der Waals surface area (Å²) < 4.78 is 15.8. The minimum absolute atomic E-state index is 0.161. The summed E-state index contributed by atoms with van der Waals surface area (Å²) in [5, 5.41) is 4.83. The van der Waals surface area contributed by atoms with E-state index < -0.39 is 11.9 Å². The maximum absolute atomic E-state index is 12.4. The van der Waals surface area contributed by atoms with Gasteiger partial charge in [-0.2, -0.15) is 0 Å². The number of hydrogen-bond acceptors (Lipinski definition) is 6. The second-order valence-corrected chi connectivity index (χ2v) is 5.80. The van der Waals surface area contributed by atoms with E-state index >= 15 is 0 Å². The van der Waals surface area contributed by atoms with Gasteiger partial charge in [0.2, 0.25) is 0 Å². The fourth-order valence-electron chi connectivity index (χ4n) is 2.19. The lowest BCUT2D eigenvalue weighted by molar-refractivity contribution is 0.0528. The zero-order valence-electron chi connectivity index (χ0n) is 13.1. The first-order valence-electron chi connectivity index (χ1n) is 7.30. The molecule has 0 fully saturated rings. The van der Waals surface area contributed by atoms with Crippen molar-refractivity contribution in [2.75, 3.05) is 11.9 Å². The first kappa shape index (κ1) is 16.1. The van der Waals surface area contributed by atoms with Gasteiger partial charge in [-0.1, -0.05) is 0 Å². The normalized spacial score (nSPS) is 10.6. The number of thiophene rings is 1. The van der Waals surface area contributed by atoms with Crippen molar-refractivity contribution in [3.63, 3.8) is 0 Å². The summed E-state index contributed by atoms with van der Waals surface area (Å²) in [5.74, 6) is 0.484. The van der Waals surface area contributed by atoms with Crippen molar-refractivity contribution < 1.29 is 23.2 Å². The van der Waals surface area contributed by atoms with E-state index in [0.29, 0.717) is 16.3 Å². The standard InChI is InChI=1S/C17H15NO5S/c1-3-21-17(20)14-11(12-7-6-10(2)23-12)9-24-16(14)18-15(19)13-5-4-8-22-13/h4-9H,3H2,1-2H3,(H,18,19). The predicted octanol–water partition coefficient (Wildman–Crippen LogP) is 4.34. The maximum atomic E-state index is 12.4. The van der Waals surface area contributed by atoms with Crippen LogP contribution in [0.15, 0.2) is 44.7 Å². The van der Waals surface area contributed by atoms with E-state index in [0.717, 1.165) is 5.76 Å². The molecule has 0 bridgehead atoms. The van der Waals surface area contributed by atoms with Crippen molar-refractivity contribution in [3.8, 4) is 11.3 Å². The Bertz CT molecular complexity index is 860. The Balaban J connectivity index is 1.98. The number of amides is 1. The van der Waals surface area contributed by atoms with Crippen LogP contribution >= 0.6 is 11.3 Å². The molecule has 3 aromatic heterocycles. The summed E-state index contributed by atoms with van der Waals surface area (Å²) in [6.07, 6.45) is 1.41. The number of anilines is 1. The lowest BCUT2D eigenvalue weighted by atomic mass is 10.1. The largest absolute Gasteiger partial charge is 0.462 e. The van der Waals surface area contributed by atoms with E-state index in [-0.39, 0.29) is 17.9 Å². The van der Waals surface area contributed by atoms with Gasteiger partial charge in [0.05, 0.1) is 12.9 Å². The molecule has 7 heteroatoms. The molecule has 24 heavy (non-hydrogen) atoms. The van der Waals surface area contributed by atoms with Crippen molar-refractivity contribution in [2.24, 2.45) is 0 Å². The van der Waals surface area contributed by atoms with Gasteiger partial charge in [0.15, 0.2) is 5.76 Å². The van der Waals surface area contributed by atoms with Crippen LogP contribution in [0, 0.1) is 6.92 Å². The van der Waals surface area contributed by atoms with Gasteiger partial charge < -0.3 is 18.9 Å². The first-order chi connectivity index (χ1) is 11.6. The number of esters is 1. The molecule has 0 aliphatic carbocycles. The monoisotopic (exact) mass is 345 g/mol. The molecule has 3 rings (SSSR count). The average molecular weight is 345 g/mol. The molecule has 0 aliphatic heterocycles. The van der Waals surface area contributed by atoms with E-state index in [1.807, 2.05) is 13.0 Å². The van der Waals surface area contributed by atoms with Gasteiger partial charge in [-0.15, -0.1) is 11.3 Å². The zero-order valence-corrected chi connectivity index (χ0v) is 13.9. The molecule has 0 saturated carbocycles. The van der Waals surface area contributed by atoms with Crippen LogP contribution in [0.3, 0.4) is 0 Å². The molecule has 1 amide bonds. The molecule has 1 N–H and O–H groups in total. The van der Waals surface area contributed by atoms with E-state index in [4.69, 9.17) is 13.6 Å². The van der Waals surface area contributed by atoms with Crippen molar-refractivity contribution in [1.29, 1.82) is 0 Å². The third-order valence-electron chi connectivity index (χ3n) is 3.25. The molecule has 0 saturated heterocycles. The fraction of sp³-hybridized carbons (Fsp3) is 0.176. The van der Waals surface area contributed by atoms with Gasteiger partial charge >= 0.3 is 5.97 Å². The fourth-order valence-corrected chi connectivity index (χ4v) is 3.12. The Labute approximate surface area is 142 Å². The molecule has 0 atom stereocenters. The maximum Gasteiger partial charge on any atom is 0.341 e. The molecular weight excluding hydrogens is 330 g/mol. The molecule has 0 aromatic carbocycles.